The van der Waals surface area contributed by atoms with E-state index in [0.717, 1.165) is 5.69 Å². The van der Waals surface area contributed by atoms with Gasteiger partial charge in [-0.3, -0.25) is 14.8 Å². The topological polar surface area (TPSA) is 72.9 Å². The summed E-state index contributed by atoms with van der Waals surface area (Å²) >= 11 is 12.2. The van der Waals surface area contributed by atoms with Crippen LogP contribution in [0.3, 0.4) is 0 Å². The summed E-state index contributed by atoms with van der Waals surface area (Å²) in [5, 5.41) is 1.15. The Morgan fingerprint density at radius 1 is 1.08 bits per heavy atom. The molecule has 1 aromatic heterocycles. The number of nitrogen functional groups attached to an aromatic ring is 1. The third-order valence-corrected chi connectivity index (χ3v) is 3.87. The zero-order valence-corrected chi connectivity index (χ0v) is 14.6. The molecule has 0 unspecified atom stereocenters. The summed E-state index contributed by atoms with van der Waals surface area (Å²) < 4.78 is 1.77. The molecule has 0 fully saturated rings. The van der Waals surface area contributed by atoms with Crippen LogP contribution in [0.4, 0.5) is 0 Å². The fourth-order valence-electron chi connectivity index (χ4n) is 2.19. The van der Waals surface area contributed by atoms with Crippen molar-refractivity contribution in [3.8, 4) is 17.1 Å². The van der Waals surface area contributed by atoms with E-state index in [0.29, 0.717) is 21.4 Å². The number of nitrogens with two attached hydrogens (primary N) is 1. The van der Waals surface area contributed by atoms with Crippen molar-refractivity contribution in [1.29, 1.82) is 0 Å². The van der Waals surface area contributed by atoms with E-state index >= 15 is 0 Å². The van der Waals surface area contributed by atoms with Gasteiger partial charge in [-0.05, 0) is 36.4 Å². The first-order valence-electron chi connectivity index (χ1n) is 6.71. The van der Waals surface area contributed by atoms with Crippen molar-refractivity contribution < 1.29 is 4.79 Å². The number of hydrogen-bond acceptors (Lipinski definition) is 3. The highest BCUT2D eigenvalue weighted by molar-refractivity contribution is 6.33. The van der Waals surface area contributed by atoms with Crippen LogP contribution in [0, 0.1) is 0 Å². The second-order valence-electron chi connectivity index (χ2n) is 4.75. The number of carbonyl (C=O) groups is 1. The van der Waals surface area contributed by atoms with E-state index in [1.54, 1.807) is 29.0 Å². The van der Waals surface area contributed by atoms with Gasteiger partial charge in [0.2, 0.25) is 0 Å². The van der Waals surface area contributed by atoms with Gasteiger partial charge in [-0.2, -0.15) is 0 Å². The number of nitrogens with zero attached hydrogens (tertiary/aromatic N) is 2. The minimum atomic E-state index is -0.481. The van der Waals surface area contributed by atoms with Crippen LogP contribution in [-0.4, -0.2) is 15.5 Å². The Morgan fingerprint density at radius 2 is 1.75 bits per heavy atom. The highest BCUT2D eigenvalue weighted by atomic mass is 35.5. The maximum absolute atomic E-state index is 11.8. The summed E-state index contributed by atoms with van der Waals surface area (Å²) in [6.45, 7) is 0. The molecular weight excluding hydrogens is 371 g/mol. The van der Waals surface area contributed by atoms with Crippen molar-refractivity contribution in [2.24, 2.45) is 5.84 Å². The van der Waals surface area contributed by atoms with E-state index in [1.807, 2.05) is 30.3 Å². The number of carbonyl (C=O) groups excluding carboxylic acids is 1. The van der Waals surface area contributed by atoms with E-state index in [9.17, 15) is 4.79 Å². The molecule has 0 atom stereocenters. The largest absolute Gasteiger partial charge is 0.299 e. The molecule has 1 amide bonds. The van der Waals surface area contributed by atoms with Gasteiger partial charge in [-0.1, -0.05) is 35.3 Å². The maximum Gasteiger partial charge on any atom is 0.285 e. The molecule has 24 heavy (non-hydrogen) atoms. The lowest BCUT2D eigenvalue weighted by molar-refractivity contribution is 0.0949. The van der Waals surface area contributed by atoms with E-state index in [1.165, 1.54) is 0 Å². The van der Waals surface area contributed by atoms with Crippen LogP contribution in [0.1, 0.15) is 10.5 Å². The van der Waals surface area contributed by atoms with Gasteiger partial charge in [0.05, 0.1) is 5.02 Å². The number of nitrogens with one attached hydrogen (secondary N) is 1. The summed E-state index contributed by atoms with van der Waals surface area (Å²) in [5.41, 5.74) is 3.78. The fraction of sp³-hybridized carbons (Fsp3) is 0. The predicted octanol–water partition coefficient (Wildman–Crippen LogP) is 3.87. The summed E-state index contributed by atoms with van der Waals surface area (Å²) in [5.74, 6) is 5.26. The number of hydrogen-bond donors (Lipinski definition) is 2. The third-order valence-electron chi connectivity index (χ3n) is 3.29. The van der Waals surface area contributed by atoms with E-state index in [2.05, 4.69) is 10.4 Å². The van der Waals surface area contributed by atoms with Crippen molar-refractivity contribution in [3.05, 3.63) is 70.5 Å². The van der Waals surface area contributed by atoms with Crippen molar-refractivity contribution in [1.82, 2.24) is 15.0 Å². The number of benzene rings is 2. The normalized spacial score (nSPS) is 10.1. The van der Waals surface area contributed by atoms with Crippen LogP contribution < -0.4 is 11.3 Å². The van der Waals surface area contributed by atoms with Gasteiger partial charge < -0.3 is 0 Å². The van der Waals surface area contributed by atoms with Crippen LogP contribution in [-0.2, 0) is 0 Å². The Balaban J connectivity index is 0.00000208. The average Bonchev–Trinajstić information content (AvgIpc) is 3.00. The molecule has 5 nitrogen and oxygen atoms in total. The van der Waals surface area contributed by atoms with E-state index < -0.39 is 5.91 Å². The summed E-state index contributed by atoms with van der Waals surface area (Å²) in [6.07, 6.45) is 1.60. The molecule has 0 bridgehead atoms. The molecule has 0 aliphatic rings. The van der Waals surface area contributed by atoms with Crippen molar-refractivity contribution in [2.75, 3.05) is 0 Å². The average molecular weight is 384 g/mol. The first-order valence-corrected chi connectivity index (χ1v) is 7.47. The SMILES string of the molecule is Cl.NNC(=O)c1cn(-c2ccc(Cl)cc2)c(-c2ccccc2Cl)n1. The number of amides is 1. The lowest BCUT2D eigenvalue weighted by Gasteiger charge is -2.09. The Hall–Kier alpha value is -2.05. The van der Waals surface area contributed by atoms with Gasteiger partial charge in [0.25, 0.3) is 5.91 Å². The molecule has 1 heterocycles. The number of aromatic nitrogens is 2. The smallest absolute Gasteiger partial charge is 0.285 e. The zero-order valence-electron chi connectivity index (χ0n) is 12.2. The predicted molar refractivity (Wildman–Crippen MR) is 97.9 cm³/mol. The monoisotopic (exact) mass is 382 g/mol. The summed E-state index contributed by atoms with van der Waals surface area (Å²) in [7, 11) is 0. The minimum Gasteiger partial charge on any atom is -0.299 e. The molecule has 3 N–H and O–H groups in total. The third kappa shape index (κ3) is 3.55. The lowest BCUT2D eigenvalue weighted by atomic mass is 10.2. The second kappa shape index (κ2) is 7.68. The van der Waals surface area contributed by atoms with E-state index in [4.69, 9.17) is 29.0 Å². The Morgan fingerprint density at radius 3 is 2.38 bits per heavy atom. The quantitative estimate of drug-likeness (QED) is 0.409. The van der Waals surface area contributed by atoms with Crippen LogP contribution in [0.2, 0.25) is 10.0 Å². The van der Waals surface area contributed by atoms with Gasteiger partial charge in [-0.15, -0.1) is 12.4 Å². The molecule has 0 aliphatic carbocycles. The Bertz CT molecular complexity index is 862. The maximum atomic E-state index is 11.8. The minimum absolute atomic E-state index is 0. The molecule has 0 saturated heterocycles. The van der Waals surface area contributed by atoms with Gasteiger partial charge in [0.15, 0.2) is 0 Å². The summed E-state index contributed by atoms with van der Waals surface area (Å²) in [4.78, 5) is 16.2. The molecule has 3 rings (SSSR count). The summed E-state index contributed by atoms with van der Waals surface area (Å²) in [6, 6.07) is 14.5. The van der Waals surface area contributed by atoms with Crippen molar-refractivity contribution in [3.63, 3.8) is 0 Å². The Labute approximate surface area is 154 Å². The van der Waals surface area contributed by atoms with Crippen molar-refractivity contribution in [2.45, 2.75) is 0 Å². The van der Waals surface area contributed by atoms with Crippen LogP contribution in [0.15, 0.2) is 54.7 Å². The standard InChI is InChI=1S/C16H12Cl2N4O.ClH/c17-10-5-7-11(8-6-10)22-9-14(16(23)21-19)20-15(22)12-3-1-2-4-13(12)18;/h1-9H,19H2,(H,21,23);1H. The highest BCUT2D eigenvalue weighted by Crippen LogP contribution is 2.29. The first-order chi connectivity index (χ1) is 11.1. The molecular formula is C16H13Cl3N4O. The zero-order chi connectivity index (χ0) is 16.4. The molecule has 3 aromatic rings. The number of imidazole rings is 1. The van der Waals surface area contributed by atoms with Gasteiger partial charge >= 0.3 is 0 Å². The molecule has 0 aliphatic heterocycles. The molecule has 8 heteroatoms. The van der Waals surface area contributed by atoms with Crippen LogP contribution >= 0.6 is 35.6 Å². The first kappa shape index (κ1) is 18.3. The van der Waals surface area contributed by atoms with E-state index in [-0.39, 0.29) is 18.1 Å². The molecule has 0 saturated carbocycles. The van der Waals surface area contributed by atoms with Crippen LogP contribution in [0.5, 0.6) is 0 Å². The molecule has 0 spiro atoms. The molecule has 0 radical (unpaired) electrons. The van der Waals surface area contributed by atoms with Gasteiger partial charge in [0.1, 0.15) is 11.5 Å². The lowest BCUT2D eigenvalue weighted by Crippen LogP contribution is -2.30. The molecule has 2 aromatic carbocycles. The fourth-order valence-corrected chi connectivity index (χ4v) is 2.54. The van der Waals surface area contributed by atoms with Gasteiger partial charge in [0, 0.05) is 22.5 Å². The van der Waals surface area contributed by atoms with Gasteiger partial charge in [-0.25, -0.2) is 10.8 Å². The number of rotatable bonds is 3. The Kier molecular flexibility index (Phi) is 5.85. The van der Waals surface area contributed by atoms with Crippen molar-refractivity contribution >= 4 is 41.5 Å². The second-order valence-corrected chi connectivity index (χ2v) is 5.59. The number of halogens is 3. The molecule has 124 valence electrons. The number of hydrazine groups is 1. The van der Waals surface area contributed by atoms with Crippen LogP contribution in [0.25, 0.3) is 17.1 Å². The highest BCUT2D eigenvalue weighted by Gasteiger charge is 2.17.